The smallest absolute Gasteiger partial charge is 0.247 e. The van der Waals surface area contributed by atoms with Crippen LogP contribution in [-0.4, -0.2) is 40.6 Å². The van der Waals surface area contributed by atoms with Crippen LogP contribution in [0.1, 0.15) is 36.1 Å². The van der Waals surface area contributed by atoms with E-state index in [1.165, 1.54) is 17.7 Å². The summed E-state index contributed by atoms with van der Waals surface area (Å²) in [5.41, 5.74) is 0.884. The van der Waals surface area contributed by atoms with Gasteiger partial charge in [0.1, 0.15) is 0 Å². The number of nitrogens with zero attached hydrogens (tertiary/aromatic N) is 3. The van der Waals surface area contributed by atoms with Crippen molar-refractivity contribution in [1.82, 2.24) is 20.4 Å². The van der Waals surface area contributed by atoms with Crippen molar-refractivity contribution in [1.29, 1.82) is 0 Å². The number of likely N-dealkylation sites (tertiary alicyclic amines) is 1. The van der Waals surface area contributed by atoms with E-state index < -0.39 is 0 Å². The van der Waals surface area contributed by atoms with Crippen LogP contribution >= 0.6 is 11.3 Å². The molecule has 4 rings (SSSR count). The molecule has 1 fully saturated rings. The Kier molecular flexibility index (Phi) is 6.14. The SMILES string of the molecule is O=C(CCc1nnc(-c2ccccc2)o1)NCC(c1cccs1)N1CCCC1. The highest BCUT2D eigenvalue weighted by Gasteiger charge is 2.24. The normalized spacial score (nSPS) is 15.6. The van der Waals surface area contributed by atoms with Gasteiger partial charge in [-0.2, -0.15) is 0 Å². The highest BCUT2D eigenvalue weighted by molar-refractivity contribution is 7.10. The van der Waals surface area contributed by atoms with E-state index in [4.69, 9.17) is 4.42 Å². The van der Waals surface area contributed by atoms with Crippen LogP contribution < -0.4 is 5.32 Å². The standard InChI is InChI=1S/C21H24N4O2S/c26-19(10-11-20-23-24-21(27-20)16-7-2-1-3-8-16)22-15-17(18-9-6-14-28-18)25-12-4-5-13-25/h1-3,6-9,14,17H,4-5,10-13,15H2,(H,22,26). The molecule has 1 atom stereocenters. The van der Waals surface area contributed by atoms with Gasteiger partial charge >= 0.3 is 0 Å². The summed E-state index contributed by atoms with van der Waals surface area (Å²) in [7, 11) is 0. The third kappa shape index (κ3) is 4.66. The van der Waals surface area contributed by atoms with E-state index in [-0.39, 0.29) is 11.9 Å². The number of benzene rings is 1. The van der Waals surface area contributed by atoms with Gasteiger partial charge < -0.3 is 9.73 Å². The fraction of sp³-hybridized carbons (Fsp3) is 0.381. The number of nitrogens with one attached hydrogen (secondary N) is 1. The first-order chi connectivity index (χ1) is 13.8. The molecule has 0 radical (unpaired) electrons. The second-order valence-corrected chi connectivity index (χ2v) is 7.92. The van der Waals surface area contributed by atoms with Crippen molar-refractivity contribution in [3.8, 4) is 11.5 Å². The van der Waals surface area contributed by atoms with E-state index in [9.17, 15) is 4.79 Å². The molecule has 2 aromatic heterocycles. The zero-order valence-corrected chi connectivity index (χ0v) is 16.5. The van der Waals surface area contributed by atoms with Gasteiger partial charge in [-0.1, -0.05) is 24.3 Å². The molecule has 6 nitrogen and oxygen atoms in total. The monoisotopic (exact) mass is 396 g/mol. The number of aryl methyl sites for hydroxylation is 1. The molecule has 0 aliphatic carbocycles. The molecule has 28 heavy (non-hydrogen) atoms. The van der Waals surface area contributed by atoms with Gasteiger partial charge in [-0.05, 0) is 49.5 Å². The van der Waals surface area contributed by atoms with E-state index in [0.717, 1.165) is 18.7 Å². The molecule has 1 saturated heterocycles. The lowest BCUT2D eigenvalue weighted by Gasteiger charge is -2.26. The maximum absolute atomic E-state index is 12.4. The number of aromatic nitrogens is 2. The number of thiophene rings is 1. The second-order valence-electron chi connectivity index (χ2n) is 6.95. The van der Waals surface area contributed by atoms with E-state index >= 15 is 0 Å². The third-order valence-corrected chi connectivity index (χ3v) is 5.97. The zero-order chi connectivity index (χ0) is 19.2. The molecule has 0 bridgehead atoms. The van der Waals surface area contributed by atoms with Crippen molar-refractivity contribution in [3.05, 3.63) is 58.6 Å². The number of rotatable bonds is 8. The first-order valence-electron chi connectivity index (χ1n) is 9.71. The summed E-state index contributed by atoms with van der Waals surface area (Å²) >= 11 is 1.75. The minimum absolute atomic E-state index is 0.0141. The Morgan fingerprint density at radius 2 is 1.96 bits per heavy atom. The molecule has 0 spiro atoms. The summed E-state index contributed by atoms with van der Waals surface area (Å²) in [4.78, 5) is 16.1. The molecule has 146 valence electrons. The summed E-state index contributed by atoms with van der Waals surface area (Å²) in [5, 5.41) is 13.3. The van der Waals surface area contributed by atoms with E-state index in [1.807, 2.05) is 30.3 Å². The molecule has 0 saturated carbocycles. The molecule has 1 amide bonds. The molecule has 3 aromatic rings. The van der Waals surface area contributed by atoms with Gasteiger partial charge in [-0.25, -0.2) is 0 Å². The van der Waals surface area contributed by atoms with Crippen molar-refractivity contribution in [2.24, 2.45) is 0 Å². The lowest BCUT2D eigenvalue weighted by molar-refractivity contribution is -0.121. The van der Waals surface area contributed by atoms with Crippen molar-refractivity contribution in [2.75, 3.05) is 19.6 Å². The molecule has 1 unspecified atom stereocenters. The van der Waals surface area contributed by atoms with Crippen molar-refractivity contribution in [2.45, 2.75) is 31.7 Å². The maximum Gasteiger partial charge on any atom is 0.247 e. The summed E-state index contributed by atoms with van der Waals surface area (Å²) in [6, 6.07) is 14.1. The molecule has 1 aliphatic heterocycles. The Bertz CT molecular complexity index is 873. The van der Waals surface area contributed by atoms with Crippen molar-refractivity contribution >= 4 is 17.2 Å². The van der Waals surface area contributed by atoms with Gasteiger partial charge in [-0.3, -0.25) is 9.69 Å². The Morgan fingerprint density at radius 3 is 2.71 bits per heavy atom. The molecule has 1 aromatic carbocycles. The zero-order valence-electron chi connectivity index (χ0n) is 15.7. The molecule has 7 heteroatoms. The lowest BCUT2D eigenvalue weighted by Crippen LogP contribution is -2.36. The molecule has 1 N–H and O–H groups in total. The van der Waals surface area contributed by atoms with E-state index in [0.29, 0.717) is 31.2 Å². The first kappa shape index (κ1) is 18.8. The van der Waals surface area contributed by atoms with Gasteiger partial charge in [0.05, 0.1) is 6.04 Å². The van der Waals surface area contributed by atoms with Crippen LogP contribution in [0.25, 0.3) is 11.5 Å². The maximum atomic E-state index is 12.4. The largest absolute Gasteiger partial charge is 0.421 e. The summed E-state index contributed by atoms with van der Waals surface area (Å²) in [6.45, 7) is 2.84. The quantitative estimate of drug-likeness (QED) is 0.629. The summed E-state index contributed by atoms with van der Waals surface area (Å²) in [6.07, 6.45) is 3.25. The summed E-state index contributed by atoms with van der Waals surface area (Å²) in [5.74, 6) is 0.992. The topological polar surface area (TPSA) is 71.3 Å². The minimum Gasteiger partial charge on any atom is -0.421 e. The average molecular weight is 397 g/mol. The second kappa shape index (κ2) is 9.12. The fourth-order valence-corrected chi connectivity index (χ4v) is 4.38. The molecule has 3 heterocycles. The number of carbonyl (C=O) groups is 1. The van der Waals surface area contributed by atoms with E-state index in [1.54, 1.807) is 11.3 Å². The number of carbonyl (C=O) groups excluding carboxylic acids is 1. The predicted molar refractivity (Wildman–Crippen MR) is 109 cm³/mol. The Hall–Kier alpha value is -2.51. The van der Waals surface area contributed by atoms with E-state index in [2.05, 4.69) is 37.9 Å². The van der Waals surface area contributed by atoms with Crippen LogP contribution in [0.5, 0.6) is 0 Å². The highest BCUT2D eigenvalue weighted by atomic mass is 32.1. The van der Waals surface area contributed by atoms with Gasteiger partial charge in [0, 0.05) is 29.8 Å². The van der Waals surface area contributed by atoms with Crippen LogP contribution in [0.2, 0.25) is 0 Å². The Balaban J connectivity index is 1.29. The Morgan fingerprint density at radius 1 is 1.14 bits per heavy atom. The molecular formula is C21H24N4O2S. The van der Waals surface area contributed by atoms with Gasteiger partial charge in [0.2, 0.25) is 17.7 Å². The molecular weight excluding hydrogens is 372 g/mol. The molecule has 1 aliphatic rings. The van der Waals surface area contributed by atoms with Crippen LogP contribution in [0.4, 0.5) is 0 Å². The Labute approximate surface area is 168 Å². The predicted octanol–water partition coefficient (Wildman–Crippen LogP) is 3.68. The summed E-state index contributed by atoms with van der Waals surface area (Å²) < 4.78 is 5.68. The van der Waals surface area contributed by atoms with Gasteiger partial charge in [-0.15, -0.1) is 21.5 Å². The van der Waals surface area contributed by atoms with Crippen molar-refractivity contribution < 1.29 is 9.21 Å². The third-order valence-electron chi connectivity index (χ3n) is 5.00. The van der Waals surface area contributed by atoms with Crippen LogP contribution in [0.3, 0.4) is 0 Å². The van der Waals surface area contributed by atoms with Crippen molar-refractivity contribution in [3.63, 3.8) is 0 Å². The highest BCUT2D eigenvalue weighted by Crippen LogP contribution is 2.27. The average Bonchev–Trinajstić information content (AvgIpc) is 3.50. The number of amides is 1. The number of hydrogen-bond acceptors (Lipinski definition) is 6. The minimum atomic E-state index is 0.0141. The van der Waals surface area contributed by atoms with Gasteiger partial charge in [0.25, 0.3) is 0 Å². The first-order valence-corrected chi connectivity index (χ1v) is 10.6. The lowest BCUT2D eigenvalue weighted by atomic mass is 10.2. The fourth-order valence-electron chi connectivity index (χ4n) is 3.52. The number of hydrogen-bond donors (Lipinski definition) is 1. The van der Waals surface area contributed by atoms with Crippen LogP contribution in [0, 0.1) is 0 Å². The van der Waals surface area contributed by atoms with Crippen LogP contribution in [-0.2, 0) is 11.2 Å². The van der Waals surface area contributed by atoms with Crippen LogP contribution in [0.15, 0.2) is 52.3 Å². The van der Waals surface area contributed by atoms with Gasteiger partial charge in [0.15, 0.2) is 0 Å².